The average Bonchev–Trinajstić information content (AvgIpc) is 2.38. The fourth-order valence-corrected chi connectivity index (χ4v) is 2.50. The number of sulfone groups is 1. The quantitative estimate of drug-likeness (QED) is 0.947. The van der Waals surface area contributed by atoms with Gasteiger partial charge < -0.3 is 5.73 Å². The standard InChI is InChI=1S/C15H17NO2S.ClH/c1-11(16)12-3-5-13(6-4-12)14-7-9-15(10-8-14)19(2,17)18;/h3-11H,16H2,1-2H3;1H. The van der Waals surface area contributed by atoms with Gasteiger partial charge in [-0.05, 0) is 35.7 Å². The zero-order valence-corrected chi connectivity index (χ0v) is 13.0. The molecule has 0 aliphatic heterocycles. The fraction of sp³-hybridized carbons (Fsp3) is 0.200. The van der Waals surface area contributed by atoms with E-state index >= 15 is 0 Å². The van der Waals surface area contributed by atoms with Gasteiger partial charge >= 0.3 is 0 Å². The summed E-state index contributed by atoms with van der Waals surface area (Å²) < 4.78 is 22.8. The third-order valence-electron chi connectivity index (χ3n) is 3.05. The maximum Gasteiger partial charge on any atom is 0.175 e. The zero-order valence-electron chi connectivity index (χ0n) is 11.4. The third kappa shape index (κ3) is 3.82. The summed E-state index contributed by atoms with van der Waals surface area (Å²) in [5.74, 6) is 0. The van der Waals surface area contributed by atoms with E-state index in [1.54, 1.807) is 12.1 Å². The molecule has 0 fully saturated rings. The van der Waals surface area contributed by atoms with Gasteiger partial charge in [0.15, 0.2) is 9.84 Å². The maximum atomic E-state index is 11.4. The lowest BCUT2D eigenvalue weighted by Gasteiger charge is -2.07. The molecule has 0 heterocycles. The van der Waals surface area contributed by atoms with Crippen molar-refractivity contribution in [3.05, 3.63) is 54.1 Å². The molecule has 0 saturated heterocycles. The Bertz CT molecular complexity index is 662. The molecule has 108 valence electrons. The summed E-state index contributed by atoms with van der Waals surface area (Å²) in [7, 11) is -3.14. The summed E-state index contributed by atoms with van der Waals surface area (Å²) in [6.07, 6.45) is 1.21. The van der Waals surface area contributed by atoms with E-state index < -0.39 is 9.84 Å². The lowest BCUT2D eigenvalue weighted by molar-refractivity contribution is 0.602. The van der Waals surface area contributed by atoms with Gasteiger partial charge in [-0.3, -0.25) is 0 Å². The molecule has 0 aliphatic rings. The van der Waals surface area contributed by atoms with Crippen molar-refractivity contribution in [3.8, 4) is 11.1 Å². The van der Waals surface area contributed by atoms with Crippen molar-refractivity contribution < 1.29 is 8.42 Å². The molecule has 20 heavy (non-hydrogen) atoms. The SMILES string of the molecule is CC(N)c1ccc(-c2ccc(S(C)(=O)=O)cc2)cc1.Cl. The van der Waals surface area contributed by atoms with Crippen molar-refractivity contribution in [2.45, 2.75) is 17.9 Å². The predicted molar refractivity (Wildman–Crippen MR) is 84.8 cm³/mol. The van der Waals surface area contributed by atoms with Crippen LogP contribution >= 0.6 is 12.4 Å². The van der Waals surface area contributed by atoms with E-state index in [4.69, 9.17) is 5.73 Å². The number of benzene rings is 2. The number of nitrogens with two attached hydrogens (primary N) is 1. The largest absolute Gasteiger partial charge is 0.324 e. The average molecular weight is 312 g/mol. The third-order valence-corrected chi connectivity index (χ3v) is 4.18. The molecule has 0 spiro atoms. The molecule has 1 unspecified atom stereocenters. The monoisotopic (exact) mass is 311 g/mol. The summed E-state index contributed by atoms with van der Waals surface area (Å²) in [4.78, 5) is 0.337. The van der Waals surface area contributed by atoms with Gasteiger partial charge in [0.25, 0.3) is 0 Å². The van der Waals surface area contributed by atoms with Crippen LogP contribution in [0.2, 0.25) is 0 Å². The normalized spacial score (nSPS) is 12.6. The van der Waals surface area contributed by atoms with Gasteiger partial charge in [0.1, 0.15) is 0 Å². The fourth-order valence-electron chi connectivity index (χ4n) is 1.87. The van der Waals surface area contributed by atoms with Gasteiger partial charge in [-0.2, -0.15) is 0 Å². The molecule has 0 aliphatic carbocycles. The van der Waals surface area contributed by atoms with Crippen molar-refractivity contribution in [1.29, 1.82) is 0 Å². The van der Waals surface area contributed by atoms with E-state index in [0.29, 0.717) is 4.90 Å². The Kier molecular flexibility index (Phi) is 5.34. The van der Waals surface area contributed by atoms with Crippen LogP contribution in [0.3, 0.4) is 0 Å². The second kappa shape index (κ2) is 6.39. The molecular formula is C15H18ClNO2S. The number of rotatable bonds is 3. The lowest BCUT2D eigenvalue weighted by Crippen LogP contribution is -2.04. The topological polar surface area (TPSA) is 60.2 Å². The Morgan fingerprint density at radius 1 is 0.900 bits per heavy atom. The minimum atomic E-state index is -3.14. The number of hydrogen-bond acceptors (Lipinski definition) is 3. The summed E-state index contributed by atoms with van der Waals surface area (Å²) in [5.41, 5.74) is 8.92. The van der Waals surface area contributed by atoms with Gasteiger partial charge in [-0.25, -0.2) is 8.42 Å². The van der Waals surface area contributed by atoms with Gasteiger partial charge in [-0.1, -0.05) is 36.4 Å². The van der Waals surface area contributed by atoms with Crippen molar-refractivity contribution in [2.24, 2.45) is 5.73 Å². The highest BCUT2D eigenvalue weighted by atomic mass is 35.5. The number of hydrogen-bond donors (Lipinski definition) is 1. The van der Waals surface area contributed by atoms with Crippen LogP contribution in [0.25, 0.3) is 11.1 Å². The van der Waals surface area contributed by atoms with Crippen molar-refractivity contribution in [3.63, 3.8) is 0 Å². The van der Waals surface area contributed by atoms with Crippen molar-refractivity contribution in [2.75, 3.05) is 6.26 Å². The molecule has 2 aromatic carbocycles. The first kappa shape index (κ1) is 16.7. The molecule has 2 aromatic rings. The maximum absolute atomic E-state index is 11.4. The van der Waals surface area contributed by atoms with Crippen LogP contribution in [-0.2, 0) is 9.84 Å². The van der Waals surface area contributed by atoms with E-state index in [1.807, 2.05) is 43.3 Å². The molecule has 1 atom stereocenters. The van der Waals surface area contributed by atoms with Gasteiger partial charge in [0, 0.05) is 12.3 Å². The minimum absolute atomic E-state index is 0. The first-order valence-electron chi connectivity index (χ1n) is 6.04. The minimum Gasteiger partial charge on any atom is -0.324 e. The lowest BCUT2D eigenvalue weighted by atomic mass is 10.0. The van der Waals surface area contributed by atoms with Crippen LogP contribution in [0.5, 0.6) is 0 Å². The summed E-state index contributed by atoms with van der Waals surface area (Å²) in [6, 6.07) is 14.9. The summed E-state index contributed by atoms with van der Waals surface area (Å²) in [6.45, 7) is 1.94. The van der Waals surface area contributed by atoms with E-state index in [2.05, 4.69) is 0 Å². The first-order valence-corrected chi connectivity index (χ1v) is 7.93. The Morgan fingerprint density at radius 2 is 1.30 bits per heavy atom. The van der Waals surface area contributed by atoms with Crippen LogP contribution in [0.15, 0.2) is 53.4 Å². The van der Waals surface area contributed by atoms with Crippen LogP contribution in [0, 0.1) is 0 Å². The van der Waals surface area contributed by atoms with E-state index in [-0.39, 0.29) is 18.4 Å². The predicted octanol–water partition coefficient (Wildman–Crippen LogP) is 3.20. The van der Waals surface area contributed by atoms with Crippen LogP contribution in [0.1, 0.15) is 18.5 Å². The molecule has 0 saturated carbocycles. The van der Waals surface area contributed by atoms with E-state index in [0.717, 1.165) is 16.7 Å². The van der Waals surface area contributed by atoms with E-state index in [9.17, 15) is 8.42 Å². The van der Waals surface area contributed by atoms with Crippen LogP contribution in [-0.4, -0.2) is 14.7 Å². The van der Waals surface area contributed by atoms with Crippen LogP contribution < -0.4 is 5.73 Å². The molecule has 5 heteroatoms. The van der Waals surface area contributed by atoms with Gasteiger partial charge in [-0.15, -0.1) is 12.4 Å². The Balaban J connectivity index is 0.00000200. The summed E-state index contributed by atoms with van der Waals surface area (Å²) in [5, 5.41) is 0. The smallest absolute Gasteiger partial charge is 0.175 e. The highest BCUT2D eigenvalue weighted by molar-refractivity contribution is 7.90. The molecule has 2 rings (SSSR count). The second-order valence-electron chi connectivity index (χ2n) is 4.71. The highest BCUT2D eigenvalue weighted by Crippen LogP contribution is 2.23. The molecule has 0 bridgehead atoms. The second-order valence-corrected chi connectivity index (χ2v) is 6.72. The van der Waals surface area contributed by atoms with Crippen molar-refractivity contribution >= 4 is 22.2 Å². The molecule has 0 aromatic heterocycles. The van der Waals surface area contributed by atoms with Gasteiger partial charge in [0.05, 0.1) is 4.90 Å². The van der Waals surface area contributed by atoms with Crippen LogP contribution in [0.4, 0.5) is 0 Å². The molecule has 2 N–H and O–H groups in total. The Hall–Kier alpha value is -1.36. The number of halogens is 1. The molecule has 0 radical (unpaired) electrons. The van der Waals surface area contributed by atoms with Gasteiger partial charge in [0.2, 0.25) is 0 Å². The summed E-state index contributed by atoms with van der Waals surface area (Å²) >= 11 is 0. The van der Waals surface area contributed by atoms with E-state index in [1.165, 1.54) is 6.26 Å². The molecular weight excluding hydrogens is 294 g/mol. The highest BCUT2D eigenvalue weighted by Gasteiger charge is 2.07. The Morgan fingerprint density at radius 3 is 1.65 bits per heavy atom. The first-order chi connectivity index (χ1) is 8.88. The zero-order chi connectivity index (χ0) is 14.0. The molecule has 0 amide bonds. The van der Waals surface area contributed by atoms with Crippen molar-refractivity contribution in [1.82, 2.24) is 0 Å². The molecule has 3 nitrogen and oxygen atoms in total. The Labute approximate surface area is 126 Å².